The minimum atomic E-state index is -0.660. The van der Waals surface area contributed by atoms with E-state index in [4.69, 9.17) is 4.74 Å². The van der Waals surface area contributed by atoms with Crippen molar-refractivity contribution in [3.8, 4) is 0 Å². The van der Waals surface area contributed by atoms with Crippen molar-refractivity contribution in [2.45, 2.75) is 44.1 Å². The van der Waals surface area contributed by atoms with E-state index in [1.807, 2.05) is 11.9 Å². The molecule has 0 bridgehead atoms. The van der Waals surface area contributed by atoms with Crippen LogP contribution in [0.25, 0.3) is 0 Å². The van der Waals surface area contributed by atoms with Crippen molar-refractivity contribution in [2.75, 3.05) is 27.3 Å². The Hall–Kier alpha value is -0.610. The lowest BCUT2D eigenvalue weighted by Crippen LogP contribution is -2.54. The predicted molar refractivity (Wildman–Crippen MR) is 62.6 cm³/mol. The van der Waals surface area contributed by atoms with E-state index in [0.29, 0.717) is 6.61 Å². The van der Waals surface area contributed by atoms with Crippen LogP contribution in [0.3, 0.4) is 0 Å². The van der Waals surface area contributed by atoms with E-state index in [-0.39, 0.29) is 0 Å². The number of rotatable bonds is 6. The normalized spacial score (nSPS) is 19.9. The molecule has 94 valence electrons. The summed E-state index contributed by atoms with van der Waals surface area (Å²) in [6, 6.07) is 0. The Morgan fingerprint density at radius 1 is 1.38 bits per heavy atom. The number of hydrogen-bond acceptors (Lipinski definition) is 3. The Balaban J connectivity index is 2.57. The van der Waals surface area contributed by atoms with Gasteiger partial charge in [-0.3, -0.25) is 9.69 Å². The number of carboxylic acid groups (broad SMARTS) is 1. The average Bonchev–Trinajstić information content (AvgIpc) is 2.30. The SMILES string of the molecule is COCCCN(C)C1(C(=O)O)CCCCC1. The van der Waals surface area contributed by atoms with E-state index in [2.05, 4.69) is 0 Å². The quantitative estimate of drug-likeness (QED) is 0.705. The molecule has 0 aromatic heterocycles. The zero-order chi connectivity index (χ0) is 12.0. The molecule has 0 heterocycles. The van der Waals surface area contributed by atoms with Gasteiger partial charge in [0, 0.05) is 20.3 Å². The molecule has 1 aliphatic carbocycles. The molecule has 1 saturated carbocycles. The largest absolute Gasteiger partial charge is 0.480 e. The first-order valence-electron chi connectivity index (χ1n) is 6.07. The summed E-state index contributed by atoms with van der Waals surface area (Å²) in [5, 5.41) is 9.44. The highest BCUT2D eigenvalue weighted by atomic mass is 16.5. The standard InChI is InChI=1S/C12H23NO3/c1-13(9-6-10-16-2)12(11(14)15)7-4-3-5-8-12/h3-10H2,1-2H3,(H,14,15). The van der Waals surface area contributed by atoms with Crippen LogP contribution in [0, 0.1) is 0 Å². The molecule has 1 fully saturated rings. The summed E-state index contributed by atoms with van der Waals surface area (Å²) in [4.78, 5) is 13.5. The van der Waals surface area contributed by atoms with Crippen LogP contribution in [-0.2, 0) is 9.53 Å². The van der Waals surface area contributed by atoms with Crippen molar-refractivity contribution in [2.24, 2.45) is 0 Å². The van der Waals surface area contributed by atoms with Crippen molar-refractivity contribution >= 4 is 5.97 Å². The number of aliphatic carboxylic acids is 1. The topological polar surface area (TPSA) is 49.8 Å². The first-order chi connectivity index (χ1) is 7.63. The molecule has 16 heavy (non-hydrogen) atoms. The average molecular weight is 229 g/mol. The summed E-state index contributed by atoms with van der Waals surface area (Å²) in [5.41, 5.74) is -0.619. The fourth-order valence-corrected chi connectivity index (χ4v) is 2.56. The van der Waals surface area contributed by atoms with E-state index in [9.17, 15) is 9.90 Å². The number of hydrogen-bond donors (Lipinski definition) is 1. The van der Waals surface area contributed by atoms with Crippen LogP contribution in [0.2, 0.25) is 0 Å². The van der Waals surface area contributed by atoms with Crippen LogP contribution in [0.1, 0.15) is 38.5 Å². The molecule has 0 aromatic carbocycles. The smallest absolute Gasteiger partial charge is 0.324 e. The van der Waals surface area contributed by atoms with E-state index in [1.165, 1.54) is 6.42 Å². The third-order valence-electron chi connectivity index (χ3n) is 3.65. The summed E-state index contributed by atoms with van der Waals surface area (Å²) in [7, 11) is 3.60. The zero-order valence-corrected chi connectivity index (χ0v) is 10.4. The lowest BCUT2D eigenvalue weighted by molar-refractivity contribution is -0.153. The number of carbonyl (C=O) groups is 1. The molecule has 0 spiro atoms. The van der Waals surface area contributed by atoms with E-state index in [0.717, 1.165) is 38.6 Å². The third kappa shape index (κ3) is 2.95. The zero-order valence-electron chi connectivity index (χ0n) is 10.4. The van der Waals surface area contributed by atoms with E-state index < -0.39 is 11.5 Å². The Labute approximate surface area is 97.6 Å². The second-order valence-electron chi connectivity index (χ2n) is 4.67. The van der Waals surface area contributed by atoms with Gasteiger partial charge in [-0.05, 0) is 26.3 Å². The number of methoxy groups -OCH3 is 1. The Bertz CT molecular complexity index is 224. The molecule has 0 amide bonds. The molecule has 0 unspecified atom stereocenters. The number of ether oxygens (including phenoxy) is 1. The molecule has 1 aliphatic rings. The van der Waals surface area contributed by atoms with Crippen LogP contribution in [0.15, 0.2) is 0 Å². The van der Waals surface area contributed by atoms with Crippen molar-refractivity contribution in [3.63, 3.8) is 0 Å². The molecule has 4 nitrogen and oxygen atoms in total. The van der Waals surface area contributed by atoms with Crippen LogP contribution in [-0.4, -0.2) is 48.8 Å². The van der Waals surface area contributed by atoms with Crippen LogP contribution in [0.4, 0.5) is 0 Å². The fourth-order valence-electron chi connectivity index (χ4n) is 2.56. The molecule has 0 aliphatic heterocycles. The van der Waals surface area contributed by atoms with Crippen molar-refractivity contribution in [1.82, 2.24) is 4.90 Å². The maximum atomic E-state index is 11.5. The molecular formula is C12H23NO3. The van der Waals surface area contributed by atoms with Crippen LogP contribution in [0.5, 0.6) is 0 Å². The maximum absolute atomic E-state index is 11.5. The van der Waals surface area contributed by atoms with Gasteiger partial charge in [-0.15, -0.1) is 0 Å². The van der Waals surface area contributed by atoms with Gasteiger partial charge in [-0.1, -0.05) is 19.3 Å². The molecule has 4 heteroatoms. The minimum absolute atomic E-state index is 0.619. The number of nitrogens with zero attached hydrogens (tertiary/aromatic N) is 1. The summed E-state index contributed by atoms with van der Waals surface area (Å²) in [5.74, 6) is -0.660. The minimum Gasteiger partial charge on any atom is -0.480 e. The molecule has 1 rings (SSSR count). The highest BCUT2D eigenvalue weighted by Crippen LogP contribution is 2.33. The van der Waals surface area contributed by atoms with Crippen molar-refractivity contribution in [1.29, 1.82) is 0 Å². The maximum Gasteiger partial charge on any atom is 0.324 e. The van der Waals surface area contributed by atoms with Crippen molar-refractivity contribution < 1.29 is 14.6 Å². The fraction of sp³-hybridized carbons (Fsp3) is 0.917. The Morgan fingerprint density at radius 2 is 2.00 bits per heavy atom. The first-order valence-corrected chi connectivity index (χ1v) is 6.07. The van der Waals surface area contributed by atoms with Gasteiger partial charge in [-0.25, -0.2) is 0 Å². The second-order valence-corrected chi connectivity index (χ2v) is 4.67. The van der Waals surface area contributed by atoms with Gasteiger partial charge in [0.05, 0.1) is 0 Å². The van der Waals surface area contributed by atoms with Gasteiger partial charge in [0.1, 0.15) is 5.54 Å². The first kappa shape index (κ1) is 13.5. The van der Waals surface area contributed by atoms with Gasteiger partial charge in [0.25, 0.3) is 0 Å². The van der Waals surface area contributed by atoms with E-state index >= 15 is 0 Å². The second kappa shape index (κ2) is 6.21. The molecule has 0 saturated heterocycles. The Morgan fingerprint density at radius 3 is 2.50 bits per heavy atom. The molecule has 0 aromatic rings. The molecular weight excluding hydrogens is 206 g/mol. The molecule has 0 atom stereocenters. The summed E-state index contributed by atoms with van der Waals surface area (Å²) in [6.45, 7) is 1.49. The van der Waals surface area contributed by atoms with E-state index in [1.54, 1.807) is 7.11 Å². The van der Waals surface area contributed by atoms with Gasteiger partial charge < -0.3 is 9.84 Å². The van der Waals surface area contributed by atoms with Crippen LogP contribution >= 0.6 is 0 Å². The highest BCUT2D eigenvalue weighted by Gasteiger charge is 2.42. The monoisotopic (exact) mass is 229 g/mol. The van der Waals surface area contributed by atoms with Crippen LogP contribution < -0.4 is 0 Å². The summed E-state index contributed by atoms with van der Waals surface area (Å²) >= 11 is 0. The Kier molecular flexibility index (Phi) is 5.22. The van der Waals surface area contributed by atoms with Gasteiger partial charge >= 0.3 is 5.97 Å². The summed E-state index contributed by atoms with van der Waals surface area (Å²) < 4.78 is 5.00. The predicted octanol–water partition coefficient (Wildman–Crippen LogP) is 1.74. The number of likely N-dealkylation sites (N-methyl/N-ethyl adjacent to an activating group) is 1. The summed E-state index contributed by atoms with van der Waals surface area (Å²) in [6.07, 6.45) is 5.68. The molecule has 1 N–H and O–H groups in total. The highest BCUT2D eigenvalue weighted by molar-refractivity contribution is 5.78. The third-order valence-corrected chi connectivity index (χ3v) is 3.65. The van der Waals surface area contributed by atoms with Gasteiger partial charge in [0.2, 0.25) is 0 Å². The van der Waals surface area contributed by atoms with Gasteiger partial charge in [0.15, 0.2) is 0 Å². The lowest BCUT2D eigenvalue weighted by atomic mass is 9.80. The number of carboxylic acids is 1. The van der Waals surface area contributed by atoms with Crippen molar-refractivity contribution in [3.05, 3.63) is 0 Å². The van der Waals surface area contributed by atoms with Gasteiger partial charge in [-0.2, -0.15) is 0 Å². The lowest BCUT2D eigenvalue weighted by Gasteiger charge is -2.41. The molecule has 0 radical (unpaired) electrons.